The molecule has 1 aliphatic carbocycles. The molecular weight excluding hydrogens is 288 g/mol. The number of ketones is 2. The Morgan fingerprint density at radius 3 is 2.00 bits per heavy atom. The van der Waals surface area contributed by atoms with Crippen molar-refractivity contribution in [3.8, 4) is 0 Å². The molecular formula is C19H28O2Si. The number of hydrogen-bond acceptors (Lipinski definition) is 2. The SMILES string of the molecule is CC(C)=CC/C=C/CC1=C([Si](C)(C)C)C(=O)C(C)=C(C)C1=O. The zero-order valence-electron chi connectivity index (χ0n) is 15.0. The van der Waals surface area contributed by atoms with Crippen LogP contribution in [0.25, 0.3) is 0 Å². The summed E-state index contributed by atoms with van der Waals surface area (Å²) >= 11 is 0. The molecule has 3 heteroatoms. The predicted molar refractivity (Wildman–Crippen MR) is 96.6 cm³/mol. The summed E-state index contributed by atoms with van der Waals surface area (Å²) in [7, 11) is -1.85. The molecule has 0 bridgehead atoms. The predicted octanol–water partition coefficient (Wildman–Crippen LogP) is 4.95. The highest BCUT2D eigenvalue weighted by atomic mass is 28.3. The first-order chi connectivity index (χ1) is 10.1. The number of rotatable bonds is 5. The van der Waals surface area contributed by atoms with Crippen molar-refractivity contribution in [2.75, 3.05) is 0 Å². The van der Waals surface area contributed by atoms with Crippen LogP contribution in [0.5, 0.6) is 0 Å². The minimum atomic E-state index is -1.85. The lowest BCUT2D eigenvalue weighted by Crippen LogP contribution is -2.36. The third-order valence-electron chi connectivity index (χ3n) is 3.95. The van der Waals surface area contributed by atoms with Crippen molar-refractivity contribution in [3.63, 3.8) is 0 Å². The summed E-state index contributed by atoms with van der Waals surface area (Å²) in [5.41, 5.74) is 3.24. The highest BCUT2D eigenvalue weighted by molar-refractivity contribution is 6.88. The highest BCUT2D eigenvalue weighted by Gasteiger charge is 2.36. The first-order valence-corrected chi connectivity index (χ1v) is 11.4. The molecule has 0 unspecified atom stereocenters. The van der Waals surface area contributed by atoms with Gasteiger partial charge in [-0.3, -0.25) is 9.59 Å². The van der Waals surface area contributed by atoms with Gasteiger partial charge < -0.3 is 0 Å². The average molecular weight is 317 g/mol. The smallest absolute Gasteiger partial charge is 0.185 e. The lowest BCUT2D eigenvalue weighted by atomic mass is 9.89. The van der Waals surface area contributed by atoms with Crippen LogP contribution < -0.4 is 0 Å². The molecule has 0 aliphatic heterocycles. The van der Waals surface area contributed by atoms with Crippen LogP contribution >= 0.6 is 0 Å². The van der Waals surface area contributed by atoms with Crippen molar-refractivity contribution in [2.24, 2.45) is 0 Å². The van der Waals surface area contributed by atoms with Gasteiger partial charge in [-0.05, 0) is 45.7 Å². The average Bonchev–Trinajstić information content (AvgIpc) is 2.39. The summed E-state index contributed by atoms with van der Waals surface area (Å²) in [6, 6.07) is 0. The van der Waals surface area contributed by atoms with Crippen molar-refractivity contribution in [3.05, 3.63) is 45.7 Å². The van der Waals surface area contributed by atoms with Crippen molar-refractivity contribution >= 4 is 19.6 Å². The van der Waals surface area contributed by atoms with Gasteiger partial charge in [0, 0.05) is 16.7 Å². The zero-order chi connectivity index (χ0) is 17.1. The van der Waals surface area contributed by atoms with Crippen LogP contribution in [-0.4, -0.2) is 19.6 Å². The second kappa shape index (κ2) is 7.19. The number of hydrogen-bond donors (Lipinski definition) is 0. The minimum absolute atomic E-state index is 0.0568. The van der Waals surface area contributed by atoms with E-state index in [2.05, 4.69) is 45.6 Å². The zero-order valence-corrected chi connectivity index (χ0v) is 16.0. The molecule has 120 valence electrons. The van der Waals surface area contributed by atoms with Crippen LogP contribution in [0.3, 0.4) is 0 Å². The van der Waals surface area contributed by atoms with E-state index in [1.54, 1.807) is 13.8 Å². The van der Waals surface area contributed by atoms with Gasteiger partial charge in [0.25, 0.3) is 0 Å². The van der Waals surface area contributed by atoms with E-state index < -0.39 is 8.07 Å². The van der Waals surface area contributed by atoms with Crippen molar-refractivity contribution < 1.29 is 9.59 Å². The minimum Gasteiger partial charge on any atom is -0.290 e. The van der Waals surface area contributed by atoms with Crippen LogP contribution in [0, 0.1) is 0 Å². The maximum atomic E-state index is 12.6. The molecule has 22 heavy (non-hydrogen) atoms. The van der Waals surface area contributed by atoms with Gasteiger partial charge in [-0.2, -0.15) is 0 Å². The maximum Gasteiger partial charge on any atom is 0.185 e. The summed E-state index contributed by atoms with van der Waals surface area (Å²) < 4.78 is 0. The number of Topliss-reactive ketones (excluding diaryl/α,β-unsaturated/α-hetero) is 2. The first kappa shape index (κ1) is 18.6. The van der Waals surface area contributed by atoms with E-state index in [9.17, 15) is 9.59 Å². The van der Waals surface area contributed by atoms with E-state index >= 15 is 0 Å². The summed E-state index contributed by atoms with van der Waals surface area (Å²) in [6.07, 6.45) is 7.67. The molecule has 2 nitrogen and oxygen atoms in total. The fraction of sp³-hybridized carbons (Fsp3) is 0.474. The van der Waals surface area contributed by atoms with E-state index in [1.165, 1.54) is 5.57 Å². The summed E-state index contributed by atoms with van der Waals surface area (Å²) in [4.78, 5) is 25.3. The third kappa shape index (κ3) is 4.26. The molecule has 0 heterocycles. The van der Waals surface area contributed by atoms with Gasteiger partial charge in [0.2, 0.25) is 0 Å². The Kier molecular flexibility index (Phi) is 6.06. The van der Waals surface area contributed by atoms with E-state index in [1.807, 2.05) is 6.08 Å². The Bertz CT molecular complexity index is 604. The Morgan fingerprint density at radius 1 is 0.955 bits per heavy atom. The number of carbonyl (C=O) groups excluding carboxylic acids is 2. The van der Waals surface area contributed by atoms with Gasteiger partial charge in [0.1, 0.15) is 0 Å². The van der Waals surface area contributed by atoms with Crippen molar-refractivity contribution in [2.45, 2.75) is 60.2 Å². The second-order valence-electron chi connectivity index (χ2n) is 7.20. The lowest BCUT2D eigenvalue weighted by molar-refractivity contribution is -0.116. The Hall–Kier alpha value is -1.48. The normalized spacial score (nSPS) is 16.9. The van der Waals surface area contributed by atoms with Crippen LogP contribution in [-0.2, 0) is 9.59 Å². The third-order valence-corrected chi connectivity index (χ3v) is 5.98. The second-order valence-corrected chi connectivity index (χ2v) is 12.2. The fourth-order valence-corrected chi connectivity index (χ4v) is 4.58. The van der Waals surface area contributed by atoms with Gasteiger partial charge in [0.15, 0.2) is 11.6 Å². The summed E-state index contributed by atoms with van der Waals surface area (Å²) in [5, 5.41) is 0.812. The maximum absolute atomic E-state index is 12.6. The molecule has 0 N–H and O–H groups in total. The van der Waals surface area contributed by atoms with Crippen LogP contribution in [0.15, 0.2) is 45.7 Å². The Morgan fingerprint density at radius 2 is 1.50 bits per heavy atom. The molecule has 0 aromatic rings. The molecule has 0 aromatic heterocycles. The highest BCUT2D eigenvalue weighted by Crippen LogP contribution is 2.32. The quantitative estimate of drug-likeness (QED) is 0.408. The molecule has 1 aliphatic rings. The number of carbonyl (C=O) groups is 2. The first-order valence-electron chi connectivity index (χ1n) is 7.86. The standard InChI is InChI=1S/C19H28O2Si/c1-13(2)11-9-8-10-12-16-17(20)14(3)15(4)18(21)19(16)22(5,6)7/h8,10-11H,9,12H2,1-7H3/b10-8+. The van der Waals surface area contributed by atoms with Gasteiger partial charge >= 0.3 is 0 Å². The molecule has 0 aromatic carbocycles. The van der Waals surface area contributed by atoms with Crippen LogP contribution in [0.4, 0.5) is 0 Å². The topological polar surface area (TPSA) is 34.1 Å². The molecule has 0 fully saturated rings. The largest absolute Gasteiger partial charge is 0.290 e. The van der Waals surface area contributed by atoms with Crippen molar-refractivity contribution in [1.29, 1.82) is 0 Å². The summed E-state index contributed by atoms with van der Waals surface area (Å²) in [6.45, 7) is 14.1. The molecule has 0 saturated heterocycles. The molecule has 0 atom stereocenters. The monoisotopic (exact) mass is 316 g/mol. The van der Waals surface area contributed by atoms with Gasteiger partial charge in [0.05, 0.1) is 8.07 Å². The van der Waals surface area contributed by atoms with Crippen LogP contribution in [0.1, 0.15) is 40.5 Å². The van der Waals surface area contributed by atoms with E-state index in [4.69, 9.17) is 0 Å². The Balaban J connectivity index is 3.14. The molecule has 0 radical (unpaired) electrons. The van der Waals surface area contributed by atoms with Gasteiger partial charge in [-0.25, -0.2) is 0 Å². The van der Waals surface area contributed by atoms with E-state index in [0.717, 1.165) is 17.2 Å². The van der Waals surface area contributed by atoms with E-state index in [-0.39, 0.29) is 11.6 Å². The Labute approximate surface area is 135 Å². The van der Waals surface area contributed by atoms with E-state index in [0.29, 0.717) is 17.6 Å². The molecule has 0 amide bonds. The molecule has 1 rings (SSSR count). The lowest BCUT2D eigenvalue weighted by Gasteiger charge is -2.28. The van der Waals surface area contributed by atoms with Gasteiger partial charge in [-0.1, -0.05) is 43.4 Å². The van der Waals surface area contributed by atoms with Crippen molar-refractivity contribution in [1.82, 2.24) is 0 Å². The van der Waals surface area contributed by atoms with Crippen LogP contribution in [0.2, 0.25) is 19.6 Å². The molecule has 0 spiro atoms. The van der Waals surface area contributed by atoms with Gasteiger partial charge in [-0.15, -0.1) is 0 Å². The number of allylic oxidation sites excluding steroid dienone is 8. The fourth-order valence-electron chi connectivity index (χ4n) is 2.59. The molecule has 0 saturated carbocycles. The summed E-state index contributed by atoms with van der Waals surface area (Å²) in [5.74, 6) is 0.144.